The number of benzene rings is 8. The van der Waals surface area contributed by atoms with Gasteiger partial charge in [-0.1, -0.05) is 146 Å². The highest BCUT2D eigenvalue weighted by Gasteiger charge is 2.51. The number of rotatable bonds is 4. The normalized spacial score (nSPS) is 17.1. The van der Waals surface area contributed by atoms with Gasteiger partial charge in [0.15, 0.2) is 0 Å². The van der Waals surface area contributed by atoms with Crippen LogP contribution < -0.4 is 15.5 Å². The highest BCUT2D eigenvalue weighted by atomic mass is 16.3. The summed E-state index contributed by atoms with van der Waals surface area (Å²) in [6.45, 7) is 0. The van der Waals surface area contributed by atoms with Crippen molar-refractivity contribution in [1.29, 1.82) is 0 Å². The summed E-state index contributed by atoms with van der Waals surface area (Å²) in [6.07, 6.45) is 5.93. The highest BCUT2D eigenvalue weighted by molar-refractivity contribution is 6.17. The topological polar surface area (TPSA) is 21.3 Å². The lowest BCUT2D eigenvalue weighted by atomic mass is 9.65. The van der Waals surface area contributed by atoms with Gasteiger partial charge in [0.2, 0.25) is 0 Å². The van der Waals surface area contributed by atoms with Crippen molar-refractivity contribution in [2.75, 3.05) is 4.90 Å². The van der Waals surface area contributed by atoms with Crippen LogP contribution in [0.2, 0.25) is 0 Å². The van der Waals surface area contributed by atoms with Crippen LogP contribution in [0.5, 0.6) is 0 Å². The third-order valence-corrected chi connectivity index (χ3v) is 13.1. The zero-order valence-corrected chi connectivity index (χ0v) is 31.6. The molecule has 3 heteroatoms. The summed E-state index contributed by atoms with van der Waals surface area (Å²) in [5.41, 5.74) is 16.2. The Morgan fingerprint density at radius 3 is 1.98 bits per heavy atom. The molecule has 0 amide bonds. The third kappa shape index (κ3) is 4.12. The van der Waals surface area contributed by atoms with E-state index >= 15 is 0 Å². The van der Waals surface area contributed by atoms with Crippen molar-refractivity contribution in [3.63, 3.8) is 0 Å². The molecule has 2 aromatic heterocycles. The fourth-order valence-electron chi connectivity index (χ4n) is 10.8. The van der Waals surface area contributed by atoms with E-state index in [1.807, 2.05) is 0 Å². The van der Waals surface area contributed by atoms with Crippen LogP contribution in [0.25, 0.3) is 61.8 Å². The van der Waals surface area contributed by atoms with Gasteiger partial charge in [0.1, 0.15) is 11.2 Å². The monoisotopic (exact) mass is 740 g/mol. The molecule has 8 aromatic carbocycles. The largest absolute Gasteiger partial charge is 0.455 e. The Morgan fingerprint density at radius 1 is 0.534 bits per heavy atom. The fourth-order valence-corrected chi connectivity index (χ4v) is 10.8. The van der Waals surface area contributed by atoms with Crippen molar-refractivity contribution in [2.45, 2.75) is 17.8 Å². The minimum atomic E-state index is -0.613. The van der Waals surface area contributed by atoms with Gasteiger partial charge in [0.25, 0.3) is 0 Å². The Kier molecular flexibility index (Phi) is 6.49. The van der Waals surface area contributed by atoms with E-state index in [2.05, 4.69) is 210 Å². The van der Waals surface area contributed by atoms with Gasteiger partial charge in [-0.25, -0.2) is 0 Å². The summed E-state index contributed by atoms with van der Waals surface area (Å²) in [4.78, 5) is 2.39. The van der Waals surface area contributed by atoms with E-state index in [1.54, 1.807) is 0 Å². The molecule has 0 saturated heterocycles. The number of fused-ring (bicyclic) bond motifs is 16. The molecular weight excluding hydrogens is 705 g/mol. The lowest BCUT2D eigenvalue weighted by Crippen LogP contribution is -2.37. The average molecular weight is 741 g/mol. The van der Waals surface area contributed by atoms with Crippen LogP contribution in [-0.2, 0) is 5.41 Å². The van der Waals surface area contributed by atoms with Crippen molar-refractivity contribution in [1.82, 2.24) is 4.57 Å². The Balaban J connectivity index is 1.21. The Labute approximate surface area is 335 Å². The number of furan rings is 1. The van der Waals surface area contributed by atoms with Gasteiger partial charge in [0.05, 0.1) is 27.4 Å². The number of nitrogens with zero attached hydrogens (tertiary/aromatic N) is 2. The van der Waals surface area contributed by atoms with Gasteiger partial charge in [-0.2, -0.15) is 0 Å². The smallest absolute Gasteiger partial charge is 0.145 e. The quantitative estimate of drug-likeness (QED) is 0.179. The summed E-state index contributed by atoms with van der Waals surface area (Å²) in [5, 5.41) is 6.01. The second-order valence-corrected chi connectivity index (χ2v) is 15.9. The summed E-state index contributed by atoms with van der Waals surface area (Å²) in [7, 11) is 0. The van der Waals surface area contributed by atoms with E-state index in [0.717, 1.165) is 45.4 Å². The maximum atomic E-state index is 6.95. The van der Waals surface area contributed by atoms with E-state index in [0.29, 0.717) is 0 Å². The highest BCUT2D eigenvalue weighted by Crippen LogP contribution is 2.61. The average Bonchev–Trinajstić information content (AvgIpc) is 3.93. The van der Waals surface area contributed by atoms with Gasteiger partial charge in [0, 0.05) is 39.0 Å². The Hall–Kier alpha value is -7.36. The maximum absolute atomic E-state index is 6.95. The van der Waals surface area contributed by atoms with Crippen molar-refractivity contribution >= 4 is 62.1 Å². The SMILES string of the molecule is C1=c2c(n3c4c(cc5c6ccccc6oc5c24)C2(c4ccccc4-c4ccc(N(c5ccccc5)c5ccccc5)cc42)c2ccccc2-3)=CC(c2ccccc2)C1. The zero-order valence-electron chi connectivity index (χ0n) is 31.6. The van der Waals surface area contributed by atoms with Crippen LogP contribution >= 0.6 is 0 Å². The van der Waals surface area contributed by atoms with E-state index in [1.165, 1.54) is 66.1 Å². The Morgan fingerprint density at radius 2 is 1.19 bits per heavy atom. The molecule has 2 atom stereocenters. The number of para-hydroxylation sites is 4. The molecule has 10 aromatic rings. The maximum Gasteiger partial charge on any atom is 0.145 e. The molecule has 0 bridgehead atoms. The second kappa shape index (κ2) is 11.8. The predicted molar refractivity (Wildman–Crippen MR) is 238 cm³/mol. The number of hydrogen-bond acceptors (Lipinski definition) is 2. The molecule has 3 heterocycles. The van der Waals surface area contributed by atoms with E-state index in [4.69, 9.17) is 4.42 Å². The molecular formula is C55H36N2O. The minimum Gasteiger partial charge on any atom is -0.455 e. The molecule has 272 valence electrons. The van der Waals surface area contributed by atoms with Gasteiger partial charge >= 0.3 is 0 Å². The van der Waals surface area contributed by atoms with Gasteiger partial charge in [-0.3, -0.25) is 0 Å². The van der Waals surface area contributed by atoms with Crippen molar-refractivity contribution in [3.8, 4) is 16.8 Å². The van der Waals surface area contributed by atoms with Crippen LogP contribution in [0, 0.1) is 0 Å². The van der Waals surface area contributed by atoms with Crippen molar-refractivity contribution in [2.24, 2.45) is 0 Å². The fraction of sp³-hybridized carbons (Fsp3) is 0.0545. The molecule has 1 spiro atoms. The summed E-state index contributed by atoms with van der Waals surface area (Å²) in [5.74, 6) is 0.268. The van der Waals surface area contributed by atoms with E-state index < -0.39 is 5.41 Å². The van der Waals surface area contributed by atoms with Gasteiger partial charge in [-0.15, -0.1) is 0 Å². The molecule has 13 rings (SSSR count). The summed E-state index contributed by atoms with van der Waals surface area (Å²) in [6, 6.07) is 69.0. The summed E-state index contributed by atoms with van der Waals surface area (Å²) >= 11 is 0. The van der Waals surface area contributed by atoms with Crippen molar-refractivity contribution in [3.05, 3.63) is 226 Å². The van der Waals surface area contributed by atoms with Gasteiger partial charge in [-0.05, 0) is 100.0 Å². The third-order valence-electron chi connectivity index (χ3n) is 13.1. The molecule has 0 fully saturated rings. The van der Waals surface area contributed by atoms with E-state index in [-0.39, 0.29) is 5.92 Å². The first kappa shape index (κ1) is 31.8. The molecule has 2 unspecified atom stereocenters. The molecule has 1 aliphatic heterocycles. The number of anilines is 3. The van der Waals surface area contributed by atoms with Crippen LogP contribution in [0.1, 0.15) is 40.2 Å². The minimum absolute atomic E-state index is 0.268. The first-order valence-electron chi connectivity index (χ1n) is 20.3. The van der Waals surface area contributed by atoms with E-state index in [9.17, 15) is 0 Å². The van der Waals surface area contributed by atoms with Gasteiger partial charge < -0.3 is 13.9 Å². The first-order valence-corrected chi connectivity index (χ1v) is 20.3. The number of aromatic nitrogens is 1. The molecule has 3 nitrogen and oxygen atoms in total. The summed E-state index contributed by atoms with van der Waals surface area (Å²) < 4.78 is 9.53. The lowest BCUT2D eigenvalue weighted by molar-refractivity contribution is 0.672. The molecule has 3 aliphatic rings. The number of hydrogen-bond donors (Lipinski definition) is 0. The van der Waals surface area contributed by atoms with Crippen LogP contribution in [0.3, 0.4) is 0 Å². The first-order chi connectivity index (χ1) is 28.8. The molecule has 58 heavy (non-hydrogen) atoms. The molecule has 0 N–H and O–H groups in total. The molecule has 0 radical (unpaired) electrons. The molecule has 0 saturated carbocycles. The van der Waals surface area contributed by atoms with Crippen LogP contribution in [0.4, 0.5) is 17.1 Å². The second-order valence-electron chi connectivity index (χ2n) is 15.9. The van der Waals surface area contributed by atoms with Crippen LogP contribution in [-0.4, -0.2) is 4.57 Å². The standard InChI is InChI=1S/C55H36N2O/c1-4-16-35(17-5-1)36-28-30-43-50(32-36)57-49-26-14-13-25-46(49)55(48-34-44-42-23-11-15-27-51(42)58-54(44)52(43)53(48)57)45-24-12-10-22-40(45)41-31-29-39(33-47(41)55)56(37-18-6-2-7-19-37)38-20-8-3-9-21-38/h1-27,29-34,36H,28H2. The lowest BCUT2D eigenvalue weighted by Gasteiger charge is -2.40. The van der Waals surface area contributed by atoms with Crippen molar-refractivity contribution < 1.29 is 4.42 Å². The zero-order chi connectivity index (χ0) is 38.0. The Bertz CT molecular complexity index is 3390. The van der Waals surface area contributed by atoms with Crippen LogP contribution in [0.15, 0.2) is 192 Å². The predicted octanol–water partition coefficient (Wildman–Crippen LogP) is 12.4. The molecule has 2 aliphatic carbocycles.